The summed E-state index contributed by atoms with van der Waals surface area (Å²) in [6.07, 6.45) is 1.68. The number of amides is 2. The van der Waals surface area contributed by atoms with E-state index < -0.39 is 18.0 Å². The highest BCUT2D eigenvalue weighted by Gasteiger charge is 2.37. The van der Waals surface area contributed by atoms with E-state index in [9.17, 15) is 9.59 Å². The normalized spacial score (nSPS) is 14.9. The van der Waals surface area contributed by atoms with Crippen LogP contribution in [0.1, 0.15) is 24.0 Å². The smallest absolute Gasteiger partial charge is 0.326 e. The van der Waals surface area contributed by atoms with Crippen molar-refractivity contribution in [1.82, 2.24) is 10.6 Å². The van der Waals surface area contributed by atoms with E-state index in [0.717, 1.165) is 18.4 Å². The molecule has 104 valence electrons. The number of hydrogen-bond donors (Lipinski definition) is 3. The summed E-state index contributed by atoms with van der Waals surface area (Å²) in [7, 11) is 0. The van der Waals surface area contributed by atoms with Crippen molar-refractivity contribution in [2.24, 2.45) is 5.92 Å². The van der Waals surface area contributed by atoms with Gasteiger partial charge in [0.15, 0.2) is 0 Å². The van der Waals surface area contributed by atoms with E-state index >= 15 is 0 Å². The van der Waals surface area contributed by atoms with E-state index in [1.54, 1.807) is 24.3 Å². The van der Waals surface area contributed by atoms with Crippen LogP contribution >= 0.6 is 0 Å². The van der Waals surface area contributed by atoms with Gasteiger partial charge in [0.05, 0.1) is 11.6 Å². The van der Waals surface area contributed by atoms with Crippen LogP contribution in [0.3, 0.4) is 0 Å². The van der Waals surface area contributed by atoms with Crippen LogP contribution in [0.15, 0.2) is 24.3 Å². The minimum absolute atomic E-state index is 0.0492. The first-order chi connectivity index (χ1) is 9.60. The lowest BCUT2D eigenvalue weighted by atomic mass is 10.1. The van der Waals surface area contributed by atoms with Gasteiger partial charge in [0.2, 0.25) is 0 Å². The minimum Gasteiger partial charge on any atom is -0.480 e. The van der Waals surface area contributed by atoms with Crippen molar-refractivity contribution in [1.29, 1.82) is 5.26 Å². The molecule has 1 fully saturated rings. The summed E-state index contributed by atoms with van der Waals surface area (Å²) in [5.41, 5.74) is 1.40. The lowest BCUT2D eigenvalue weighted by Gasteiger charge is -2.14. The molecule has 0 radical (unpaired) electrons. The maximum absolute atomic E-state index is 11.6. The van der Waals surface area contributed by atoms with Gasteiger partial charge in [-0.05, 0) is 36.5 Å². The molecule has 0 saturated heterocycles. The summed E-state index contributed by atoms with van der Waals surface area (Å²) in [5, 5.41) is 22.8. The van der Waals surface area contributed by atoms with E-state index in [1.165, 1.54) is 0 Å². The largest absolute Gasteiger partial charge is 0.480 e. The molecule has 20 heavy (non-hydrogen) atoms. The standard InChI is InChI=1S/C14H15N3O3/c15-7-9-1-3-10(4-2-9)8-16-14(20)17-12(13(18)19)11-5-6-11/h1-4,11-12H,5-6,8H2,(H,18,19)(H2,16,17,20). The second kappa shape index (κ2) is 6.06. The molecular formula is C14H15N3O3. The van der Waals surface area contributed by atoms with Crippen molar-refractivity contribution >= 4 is 12.0 Å². The summed E-state index contributed by atoms with van der Waals surface area (Å²) in [6.45, 7) is 0.286. The van der Waals surface area contributed by atoms with Crippen molar-refractivity contribution in [3.63, 3.8) is 0 Å². The highest BCUT2D eigenvalue weighted by molar-refractivity contribution is 5.83. The molecule has 3 N–H and O–H groups in total. The maximum Gasteiger partial charge on any atom is 0.326 e. The van der Waals surface area contributed by atoms with Crippen molar-refractivity contribution in [3.05, 3.63) is 35.4 Å². The fourth-order valence-corrected chi connectivity index (χ4v) is 1.88. The van der Waals surface area contributed by atoms with E-state index in [4.69, 9.17) is 10.4 Å². The zero-order valence-corrected chi connectivity index (χ0v) is 10.8. The van der Waals surface area contributed by atoms with Crippen molar-refractivity contribution in [2.75, 3.05) is 0 Å². The molecule has 6 nitrogen and oxygen atoms in total. The monoisotopic (exact) mass is 273 g/mol. The van der Waals surface area contributed by atoms with Crippen molar-refractivity contribution in [2.45, 2.75) is 25.4 Å². The van der Waals surface area contributed by atoms with Gasteiger partial charge in [-0.15, -0.1) is 0 Å². The first-order valence-electron chi connectivity index (χ1n) is 6.36. The lowest BCUT2D eigenvalue weighted by molar-refractivity contribution is -0.139. The average Bonchev–Trinajstić information content (AvgIpc) is 3.27. The van der Waals surface area contributed by atoms with Crippen LogP contribution in [0.25, 0.3) is 0 Å². The van der Waals surface area contributed by atoms with E-state index in [1.807, 2.05) is 6.07 Å². The quantitative estimate of drug-likeness (QED) is 0.750. The van der Waals surface area contributed by atoms with Crippen LogP contribution in [0.4, 0.5) is 4.79 Å². The molecule has 0 aliphatic heterocycles. The summed E-state index contributed by atoms with van der Waals surface area (Å²) in [5.74, 6) is -0.950. The van der Waals surface area contributed by atoms with E-state index in [0.29, 0.717) is 5.56 Å². The molecule has 0 spiro atoms. The fourth-order valence-electron chi connectivity index (χ4n) is 1.88. The number of nitrogens with one attached hydrogen (secondary N) is 2. The molecule has 0 bridgehead atoms. The molecule has 1 atom stereocenters. The van der Waals surface area contributed by atoms with Gasteiger partial charge >= 0.3 is 12.0 Å². The van der Waals surface area contributed by atoms with Gasteiger partial charge < -0.3 is 15.7 Å². The molecular weight excluding hydrogens is 258 g/mol. The second-order valence-electron chi connectivity index (χ2n) is 4.79. The van der Waals surface area contributed by atoms with Crippen LogP contribution in [-0.2, 0) is 11.3 Å². The number of carbonyl (C=O) groups excluding carboxylic acids is 1. The molecule has 1 aliphatic carbocycles. The molecule has 1 unspecified atom stereocenters. The maximum atomic E-state index is 11.6. The molecule has 2 rings (SSSR count). The number of carboxylic acids is 1. The summed E-state index contributed by atoms with van der Waals surface area (Å²) in [4.78, 5) is 22.6. The molecule has 1 aromatic carbocycles. The Kier molecular flexibility index (Phi) is 4.20. The Morgan fingerprint density at radius 1 is 1.35 bits per heavy atom. The first-order valence-corrected chi connectivity index (χ1v) is 6.36. The summed E-state index contributed by atoms with van der Waals surface area (Å²) < 4.78 is 0. The number of aliphatic carboxylic acids is 1. The second-order valence-corrected chi connectivity index (χ2v) is 4.79. The number of nitriles is 1. The molecule has 1 aliphatic rings. The average molecular weight is 273 g/mol. The molecule has 0 heterocycles. The Bertz CT molecular complexity index is 544. The highest BCUT2D eigenvalue weighted by atomic mass is 16.4. The van der Waals surface area contributed by atoms with Gasteiger partial charge in [0, 0.05) is 6.54 Å². The topological polar surface area (TPSA) is 102 Å². The predicted octanol–water partition coefficient (Wildman–Crippen LogP) is 1.22. The molecule has 2 amide bonds. The van der Waals surface area contributed by atoms with Gasteiger partial charge in [0.25, 0.3) is 0 Å². The molecule has 1 aromatic rings. The van der Waals surface area contributed by atoms with Crippen molar-refractivity contribution < 1.29 is 14.7 Å². The Balaban J connectivity index is 1.82. The first kappa shape index (κ1) is 13.9. The Morgan fingerprint density at radius 2 is 2.00 bits per heavy atom. The lowest BCUT2D eigenvalue weighted by Crippen LogP contribution is -2.46. The molecule has 0 aromatic heterocycles. The Labute approximate surface area is 116 Å². The third-order valence-corrected chi connectivity index (χ3v) is 3.18. The molecule has 1 saturated carbocycles. The fraction of sp³-hybridized carbons (Fsp3) is 0.357. The van der Waals surface area contributed by atoms with Crippen LogP contribution in [0, 0.1) is 17.2 Å². The van der Waals surface area contributed by atoms with Crippen LogP contribution in [0.2, 0.25) is 0 Å². The summed E-state index contributed by atoms with van der Waals surface area (Å²) >= 11 is 0. The SMILES string of the molecule is N#Cc1ccc(CNC(=O)NC(C(=O)O)C2CC2)cc1. The van der Waals surface area contributed by atoms with E-state index in [-0.39, 0.29) is 12.5 Å². The number of carboxylic acid groups (broad SMARTS) is 1. The van der Waals surface area contributed by atoms with Gasteiger partial charge in [-0.1, -0.05) is 12.1 Å². The van der Waals surface area contributed by atoms with Gasteiger partial charge in [0.1, 0.15) is 6.04 Å². The third kappa shape index (κ3) is 3.72. The number of benzene rings is 1. The van der Waals surface area contributed by atoms with Gasteiger partial charge in [-0.3, -0.25) is 0 Å². The van der Waals surface area contributed by atoms with Crippen LogP contribution in [-0.4, -0.2) is 23.1 Å². The van der Waals surface area contributed by atoms with Gasteiger partial charge in [-0.2, -0.15) is 5.26 Å². The number of hydrogen-bond acceptors (Lipinski definition) is 3. The number of nitrogens with zero attached hydrogens (tertiary/aromatic N) is 1. The predicted molar refractivity (Wildman–Crippen MR) is 70.7 cm³/mol. The number of urea groups is 1. The minimum atomic E-state index is -0.999. The van der Waals surface area contributed by atoms with Gasteiger partial charge in [-0.25, -0.2) is 9.59 Å². The highest BCUT2D eigenvalue weighted by Crippen LogP contribution is 2.32. The number of rotatable bonds is 5. The number of carbonyl (C=O) groups is 2. The van der Waals surface area contributed by atoms with Crippen LogP contribution in [0.5, 0.6) is 0 Å². The van der Waals surface area contributed by atoms with Crippen molar-refractivity contribution in [3.8, 4) is 6.07 Å². The zero-order chi connectivity index (χ0) is 14.5. The Hall–Kier alpha value is -2.55. The summed E-state index contributed by atoms with van der Waals surface area (Å²) in [6, 6.07) is 7.53. The Morgan fingerprint density at radius 3 is 2.50 bits per heavy atom. The molecule has 6 heteroatoms. The third-order valence-electron chi connectivity index (χ3n) is 3.18. The van der Waals surface area contributed by atoms with Crippen LogP contribution < -0.4 is 10.6 Å². The van der Waals surface area contributed by atoms with E-state index in [2.05, 4.69) is 10.6 Å². The zero-order valence-electron chi connectivity index (χ0n) is 10.8.